The predicted octanol–water partition coefficient (Wildman–Crippen LogP) is 1.32. The first-order valence-corrected chi connectivity index (χ1v) is 7.52. The van der Waals surface area contributed by atoms with E-state index in [0.717, 1.165) is 22.5 Å². The van der Waals surface area contributed by atoms with E-state index < -0.39 is 5.97 Å². The normalized spacial score (nSPS) is 13.7. The molecule has 23 heavy (non-hydrogen) atoms. The average molecular weight is 314 g/mol. The number of fused-ring (bicyclic) bond motifs is 1. The minimum atomic E-state index is -0.849. The number of carboxylic acids is 1. The molecule has 0 unspecified atom stereocenters. The van der Waals surface area contributed by atoms with E-state index in [-0.39, 0.29) is 12.3 Å². The molecule has 2 aromatic rings. The second-order valence-electron chi connectivity index (χ2n) is 5.57. The monoisotopic (exact) mass is 314 g/mol. The third-order valence-electron chi connectivity index (χ3n) is 4.05. The molecule has 0 fully saturated rings. The molecule has 0 aliphatic carbocycles. The molecule has 1 aliphatic rings. The number of hydrogen-bond acceptors (Lipinski definition) is 4. The molecule has 1 N–H and O–H groups in total. The molecule has 7 nitrogen and oxygen atoms in total. The van der Waals surface area contributed by atoms with Crippen LogP contribution in [0.3, 0.4) is 0 Å². The molecular weight excluding hydrogens is 296 g/mol. The summed E-state index contributed by atoms with van der Waals surface area (Å²) in [6, 6.07) is 3.76. The number of nitrogens with zero attached hydrogens (tertiary/aromatic N) is 4. The van der Waals surface area contributed by atoms with Crippen LogP contribution in [0.15, 0.2) is 24.5 Å². The molecule has 0 bridgehead atoms. The summed E-state index contributed by atoms with van der Waals surface area (Å²) in [5.41, 5.74) is 3.67. The van der Waals surface area contributed by atoms with Crippen molar-refractivity contribution in [3.05, 3.63) is 35.8 Å². The lowest BCUT2D eigenvalue weighted by Gasteiger charge is -2.26. The molecule has 1 aliphatic heterocycles. The average Bonchev–Trinajstić information content (AvgIpc) is 2.91. The highest BCUT2D eigenvalue weighted by molar-refractivity contribution is 5.74. The Bertz CT molecular complexity index is 739. The Morgan fingerprint density at radius 1 is 1.39 bits per heavy atom. The van der Waals surface area contributed by atoms with Crippen LogP contribution >= 0.6 is 0 Å². The predicted molar refractivity (Wildman–Crippen MR) is 82.5 cm³/mol. The van der Waals surface area contributed by atoms with Gasteiger partial charge in [-0.25, -0.2) is 0 Å². The molecule has 3 heterocycles. The van der Waals surface area contributed by atoms with Gasteiger partial charge in [0.05, 0.1) is 18.7 Å². The maximum atomic E-state index is 11.7. The van der Waals surface area contributed by atoms with Gasteiger partial charge in [0.25, 0.3) is 0 Å². The van der Waals surface area contributed by atoms with Gasteiger partial charge in [0.2, 0.25) is 5.91 Å². The van der Waals surface area contributed by atoms with Crippen LogP contribution in [0, 0.1) is 0 Å². The molecular formula is C16H18N4O3. The SMILES string of the molecule is CC(=O)N1CCc2c(c(-c3cccnc3)nn2CCC(=O)O)C1. The Morgan fingerprint density at radius 3 is 2.87 bits per heavy atom. The molecule has 3 rings (SSSR count). The number of aliphatic carboxylic acids is 1. The number of rotatable bonds is 4. The van der Waals surface area contributed by atoms with Gasteiger partial charge < -0.3 is 10.0 Å². The molecule has 0 atom stereocenters. The largest absolute Gasteiger partial charge is 0.481 e. The van der Waals surface area contributed by atoms with Gasteiger partial charge in [-0.2, -0.15) is 5.10 Å². The van der Waals surface area contributed by atoms with Crippen LogP contribution in [0.2, 0.25) is 0 Å². The first-order chi connectivity index (χ1) is 11.1. The van der Waals surface area contributed by atoms with Crippen molar-refractivity contribution in [3.8, 4) is 11.3 Å². The summed E-state index contributed by atoms with van der Waals surface area (Å²) in [4.78, 5) is 28.4. The number of aromatic nitrogens is 3. The fraction of sp³-hybridized carbons (Fsp3) is 0.375. The van der Waals surface area contributed by atoms with Crippen LogP contribution in [0.25, 0.3) is 11.3 Å². The fourth-order valence-electron chi connectivity index (χ4n) is 2.88. The number of carboxylic acid groups (broad SMARTS) is 1. The van der Waals surface area contributed by atoms with Crippen molar-refractivity contribution in [2.75, 3.05) is 6.54 Å². The van der Waals surface area contributed by atoms with Gasteiger partial charge in [0.15, 0.2) is 0 Å². The standard InChI is InChI=1S/C16H18N4O3/c1-11(21)19-7-4-14-13(10-19)16(12-3-2-6-17-9-12)18-20(14)8-5-15(22)23/h2-3,6,9H,4-5,7-8,10H2,1H3,(H,22,23). The van der Waals surface area contributed by atoms with Gasteiger partial charge in [-0.15, -0.1) is 0 Å². The number of hydrogen-bond donors (Lipinski definition) is 1. The lowest BCUT2D eigenvalue weighted by Crippen LogP contribution is -2.34. The van der Waals surface area contributed by atoms with Crippen molar-refractivity contribution in [1.82, 2.24) is 19.7 Å². The van der Waals surface area contributed by atoms with E-state index in [0.29, 0.717) is 26.1 Å². The Balaban J connectivity index is 2.02. The lowest BCUT2D eigenvalue weighted by atomic mass is 10.0. The highest BCUT2D eigenvalue weighted by Crippen LogP contribution is 2.29. The molecule has 1 amide bonds. The second kappa shape index (κ2) is 6.20. The van der Waals surface area contributed by atoms with Crippen molar-refractivity contribution in [3.63, 3.8) is 0 Å². The van der Waals surface area contributed by atoms with Gasteiger partial charge in [-0.1, -0.05) is 0 Å². The van der Waals surface area contributed by atoms with E-state index >= 15 is 0 Å². The summed E-state index contributed by atoms with van der Waals surface area (Å²) in [5, 5.41) is 13.5. The summed E-state index contributed by atoms with van der Waals surface area (Å²) in [5.74, 6) is -0.815. The molecule has 0 radical (unpaired) electrons. The number of carbonyl (C=O) groups is 2. The molecule has 0 saturated heterocycles. The summed E-state index contributed by atoms with van der Waals surface area (Å²) in [6.45, 7) is 3.02. The van der Waals surface area contributed by atoms with Crippen molar-refractivity contribution in [1.29, 1.82) is 0 Å². The Morgan fingerprint density at radius 2 is 2.22 bits per heavy atom. The third-order valence-corrected chi connectivity index (χ3v) is 4.05. The minimum absolute atomic E-state index is 0.0248. The van der Waals surface area contributed by atoms with Gasteiger partial charge in [-0.3, -0.25) is 19.3 Å². The van der Waals surface area contributed by atoms with E-state index in [4.69, 9.17) is 5.11 Å². The van der Waals surface area contributed by atoms with Gasteiger partial charge in [0.1, 0.15) is 0 Å². The number of amides is 1. The maximum absolute atomic E-state index is 11.7. The topological polar surface area (TPSA) is 88.3 Å². The Labute approximate surface area is 133 Å². The van der Waals surface area contributed by atoms with Crippen LogP contribution < -0.4 is 0 Å². The minimum Gasteiger partial charge on any atom is -0.481 e. The molecule has 2 aromatic heterocycles. The highest BCUT2D eigenvalue weighted by atomic mass is 16.4. The van der Waals surface area contributed by atoms with Gasteiger partial charge in [-0.05, 0) is 12.1 Å². The van der Waals surface area contributed by atoms with Crippen LogP contribution in [-0.2, 0) is 29.1 Å². The number of pyridine rings is 1. The quantitative estimate of drug-likeness (QED) is 0.919. The van der Waals surface area contributed by atoms with E-state index in [1.165, 1.54) is 0 Å². The van der Waals surface area contributed by atoms with Crippen molar-refractivity contribution >= 4 is 11.9 Å². The van der Waals surface area contributed by atoms with Crippen LogP contribution in [-0.4, -0.2) is 43.2 Å². The van der Waals surface area contributed by atoms with Crippen LogP contribution in [0.1, 0.15) is 24.6 Å². The third kappa shape index (κ3) is 3.08. The number of carbonyl (C=O) groups excluding carboxylic acids is 1. The smallest absolute Gasteiger partial charge is 0.305 e. The Hall–Kier alpha value is -2.70. The van der Waals surface area contributed by atoms with Gasteiger partial charge in [0, 0.05) is 55.6 Å². The van der Waals surface area contributed by atoms with E-state index in [9.17, 15) is 9.59 Å². The number of aryl methyl sites for hydroxylation is 1. The zero-order valence-corrected chi connectivity index (χ0v) is 12.9. The van der Waals surface area contributed by atoms with Crippen LogP contribution in [0.4, 0.5) is 0 Å². The highest BCUT2D eigenvalue weighted by Gasteiger charge is 2.26. The van der Waals surface area contributed by atoms with Crippen molar-refractivity contribution in [2.45, 2.75) is 32.9 Å². The summed E-state index contributed by atoms with van der Waals surface area (Å²) in [7, 11) is 0. The van der Waals surface area contributed by atoms with Gasteiger partial charge >= 0.3 is 5.97 Å². The zero-order valence-electron chi connectivity index (χ0n) is 12.9. The van der Waals surface area contributed by atoms with Crippen molar-refractivity contribution in [2.24, 2.45) is 0 Å². The molecule has 0 saturated carbocycles. The van der Waals surface area contributed by atoms with E-state index in [1.807, 2.05) is 12.1 Å². The van der Waals surface area contributed by atoms with Crippen molar-refractivity contribution < 1.29 is 14.7 Å². The molecule has 0 spiro atoms. The molecule has 0 aromatic carbocycles. The molecule has 7 heteroatoms. The zero-order chi connectivity index (χ0) is 16.4. The summed E-state index contributed by atoms with van der Waals surface area (Å²) in [6.07, 6.45) is 4.13. The second-order valence-corrected chi connectivity index (χ2v) is 5.57. The fourth-order valence-corrected chi connectivity index (χ4v) is 2.88. The van der Waals surface area contributed by atoms with E-state index in [2.05, 4.69) is 10.1 Å². The molecule has 120 valence electrons. The summed E-state index contributed by atoms with van der Waals surface area (Å²) < 4.78 is 1.77. The van der Waals surface area contributed by atoms with E-state index in [1.54, 1.807) is 28.9 Å². The summed E-state index contributed by atoms with van der Waals surface area (Å²) >= 11 is 0. The maximum Gasteiger partial charge on any atom is 0.305 e. The first kappa shape index (κ1) is 15.2. The Kier molecular flexibility index (Phi) is 4.10. The van der Waals surface area contributed by atoms with Crippen LogP contribution in [0.5, 0.6) is 0 Å². The lowest BCUT2D eigenvalue weighted by molar-refractivity contribution is -0.137. The first-order valence-electron chi connectivity index (χ1n) is 7.52.